The van der Waals surface area contributed by atoms with Gasteiger partial charge in [0, 0.05) is 0 Å². The molecule has 0 N–H and O–H groups in total. The Morgan fingerprint density at radius 1 is 0.352 bits per heavy atom. The molecule has 0 aliphatic heterocycles. The van der Waals surface area contributed by atoms with E-state index in [4.69, 9.17) is 65.4 Å². The van der Waals surface area contributed by atoms with Crippen molar-refractivity contribution in [3.63, 3.8) is 0 Å². The molecule has 0 radical (unpaired) electrons. The lowest BCUT2D eigenvalue weighted by Crippen LogP contribution is -2.17. The number of benzene rings is 5. The highest BCUT2D eigenvalue weighted by Gasteiger charge is 2.25. The predicted molar refractivity (Wildman–Crippen MR) is 206 cm³/mol. The van der Waals surface area contributed by atoms with Crippen LogP contribution >= 0.6 is 46.4 Å². The average Bonchev–Trinajstić information content (AvgIpc) is 3.23. The summed E-state index contributed by atoms with van der Waals surface area (Å²) in [6.45, 7) is -1.20. The van der Waals surface area contributed by atoms with Crippen LogP contribution in [0.4, 0.5) is 0 Å². The molecule has 4 atom stereocenters. The fraction of sp³-hybridized carbons (Fsp3) is 0.190. The summed E-state index contributed by atoms with van der Waals surface area (Å²) in [6.07, 6.45) is 0. The van der Waals surface area contributed by atoms with E-state index in [9.17, 15) is 19.2 Å². The second-order valence-electron chi connectivity index (χ2n) is 11.9. The molecular weight excluding hydrogens is 774 g/mol. The van der Waals surface area contributed by atoms with Gasteiger partial charge in [0.2, 0.25) is 0 Å². The van der Waals surface area contributed by atoms with Crippen LogP contribution in [0.3, 0.4) is 0 Å². The van der Waals surface area contributed by atoms with Gasteiger partial charge in [0.1, 0.15) is 26.4 Å². The van der Waals surface area contributed by atoms with E-state index in [1.54, 1.807) is 133 Å². The van der Waals surface area contributed by atoms with Gasteiger partial charge in [-0.05, 0) is 56.6 Å². The molecule has 0 aliphatic rings. The molecule has 0 saturated carbocycles. The van der Waals surface area contributed by atoms with Crippen molar-refractivity contribution in [1.29, 1.82) is 0 Å². The fourth-order valence-corrected chi connectivity index (χ4v) is 6.08. The van der Waals surface area contributed by atoms with Gasteiger partial charge in [-0.3, -0.25) is 19.2 Å². The van der Waals surface area contributed by atoms with E-state index >= 15 is 0 Å². The summed E-state index contributed by atoms with van der Waals surface area (Å²) in [5, 5.41) is -4.38. The summed E-state index contributed by atoms with van der Waals surface area (Å²) in [5.74, 6) is -2.88. The first-order valence-electron chi connectivity index (χ1n) is 16.7. The molecule has 8 nitrogen and oxygen atoms in total. The molecular formula is C42H34Cl4O8. The van der Waals surface area contributed by atoms with Crippen molar-refractivity contribution in [1.82, 2.24) is 0 Å². The highest BCUT2D eigenvalue weighted by molar-refractivity contribution is 6.31. The van der Waals surface area contributed by atoms with E-state index < -0.39 is 45.4 Å². The summed E-state index contributed by atoms with van der Waals surface area (Å²) < 4.78 is 22.5. The smallest absolute Gasteiger partial charge is 0.328 e. The summed E-state index contributed by atoms with van der Waals surface area (Å²) in [4.78, 5) is 52.3. The molecule has 278 valence electrons. The zero-order valence-corrected chi connectivity index (χ0v) is 31.6. The maximum absolute atomic E-state index is 13.1. The SMILES string of the molecule is O=C(OCc1cc(COC(=O)C(Cl)c2ccccc2)c(COC(=O)C(Cl)c2ccccc2)cc1COC(=O)C(Cl)c1ccccc1)C(Cl)c1ccccc1. The number of ether oxygens (including phenoxy) is 4. The summed E-state index contributed by atoms with van der Waals surface area (Å²) >= 11 is 25.7. The highest BCUT2D eigenvalue weighted by atomic mass is 35.5. The van der Waals surface area contributed by atoms with Crippen LogP contribution in [0.25, 0.3) is 0 Å². The Hall–Kier alpha value is -4.86. The maximum Gasteiger partial charge on any atom is 0.328 e. The minimum atomic E-state index is -1.10. The number of hydrogen-bond acceptors (Lipinski definition) is 8. The van der Waals surface area contributed by atoms with E-state index in [2.05, 4.69) is 0 Å². The van der Waals surface area contributed by atoms with Crippen molar-refractivity contribution < 1.29 is 38.1 Å². The fourth-order valence-electron chi connectivity index (χ4n) is 5.25. The molecule has 0 fully saturated rings. The highest BCUT2D eigenvalue weighted by Crippen LogP contribution is 2.29. The lowest BCUT2D eigenvalue weighted by molar-refractivity contribution is -0.146. The molecule has 0 spiro atoms. The van der Waals surface area contributed by atoms with Crippen LogP contribution in [-0.4, -0.2) is 23.9 Å². The first-order valence-corrected chi connectivity index (χ1v) is 18.4. The van der Waals surface area contributed by atoms with E-state index in [1.165, 1.54) is 0 Å². The Kier molecular flexibility index (Phi) is 14.9. The quantitative estimate of drug-likeness (QED) is 0.0552. The molecule has 4 unspecified atom stereocenters. The van der Waals surface area contributed by atoms with Crippen LogP contribution in [-0.2, 0) is 64.6 Å². The Morgan fingerprint density at radius 2 is 0.537 bits per heavy atom. The largest absolute Gasteiger partial charge is 0.459 e. The maximum atomic E-state index is 13.1. The van der Waals surface area contributed by atoms with Gasteiger partial charge in [-0.1, -0.05) is 121 Å². The Balaban J connectivity index is 1.43. The van der Waals surface area contributed by atoms with Crippen LogP contribution in [0, 0.1) is 0 Å². The van der Waals surface area contributed by atoms with Gasteiger partial charge in [-0.2, -0.15) is 0 Å². The molecule has 5 rings (SSSR count). The lowest BCUT2D eigenvalue weighted by atomic mass is 9.99. The van der Waals surface area contributed by atoms with Gasteiger partial charge in [-0.15, -0.1) is 46.4 Å². The second kappa shape index (κ2) is 20.0. The third-order valence-corrected chi connectivity index (χ3v) is 9.92. The number of esters is 4. The molecule has 12 heteroatoms. The zero-order chi connectivity index (χ0) is 38.5. The van der Waals surface area contributed by atoms with Crippen LogP contribution in [0.2, 0.25) is 0 Å². The average molecular weight is 809 g/mol. The third kappa shape index (κ3) is 11.1. The molecule has 0 bridgehead atoms. The van der Waals surface area contributed by atoms with Crippen molar-refractivity contribution in [3.8, 4) is 0 Å². The van der Waals surface area contributed by atoms with Gasteiger partial charge in [0.05, 0.1) is 0 Å². The minimum absolute atomic E-state index is 0.300. The molecule has 0 aromatic heterocycles. The topological polar surface area (TPSA) is 105 Å². The number of alkyl halides is 4. The normalized spacial score (nSPS) is 13.1. The first kappa shape index (κ1) is 40.3. The predicted octanol–water partition coefficient (Wildman–Crippen LogP) is 9.78. The summed E-state index contributed by atoms with van der Waals surface area (Å²) in [7, 11) is 0. The van der Waals surface area contributed by atoms with Gasteiger partial charge in [-0.25, -0.2) is 0 Å². The van der Waals surface area contributed by atoms with Crippen LogP contribution in [0.1, 0.15) is 66.0 Å². The molecule has 0 amide bonds. The van der Waals surface area contributed by atoms with Crippen molar-refractivity contribution in [2.75, 3.05) is 0 Å². The van der Waals surface area contributed by atoms with Crippen molar-refractivity contribution in [2.24, 2.45) is 0 Å². The molecule has 0 heterocycles. The third-order valence-electron chi connectivity index (χ3n) is 8.20. The first-order chi connectivity index (χ1) is 26.1. The van der Waals surface area contributed by atoms with Crippen LogP contribution in [0.15, 0.2) is 133 Å². The summed E-state index contributed by atoms with van der Waals surface area (Å²) in [6, 6.07) is 38.0. The molecule has 54 heavy (non-hydrogen) atoms. The number of carbonyl (C=O) groups is 4. The van der Waals surface area contributed by atoms with E-state index in [0.29, 0.717) is 44.5 Å². The standard InChI is InChI=1S/C42H34Cl4O8/c43-35(27-13-5-1-6-14-27)39(47)51-23-31-21-33(25-53-41(49)37(45)29-17-9-3-10-18-29)34(26-54-42(50)38(46)30-19-11-4-12-20-30)22-32(31)24-52-40(48)36(44)28-15-7-2-8-16-28/h1-22,35-38H,23-26H2. The van der Waals surface area contributed by atoms with Crippen LogP contribution in [0.5, 0.6) is 0 Å². The molecule has 0 aliphatic carbocycles. The van der Waals surface area contributed by atoms with Crippen molar-refractivity contribution in [2.45, 2.75) is 47.9 Å². The number of carbonyl (C=O) groups excluding carboxylic acids is 4. The molecule has 0 saturated heterocycles. The van der Waals surface area contributed by atoms with Gasteiger partial charge >= 0.3 is 23.9 Å². The van der Waals surface area contributed by atoms with Gasteiger partial charge in [0.25, 0.3) is 0 Å². The summed E-state index contributed by atoms with van der Waals surface area (Å²) in [5.41, 5.74) is 3.74. The molecule has 5 aromatic rings. The zero-order valence-electron chi connectivity index (χ0n) is 28.6. The Labute approximate surface area is 332 Å². The minimum Gasteiger partial charge on any atom is -0.459 e. The van der Waals surface area contributed by atoms with Crippen molar-refractivity contribution in [3.05, 3.63) is 178 Å². The van der Waals surface area contributed by atoms with Gasteiger partial charge < -0.3 is 18.9 Å². The van der Waals surface area contributed by atoms with Gasteiger partial charge in [0.15, 0.2) is 21.5 Å². The molecule has 5 aromatic carbocycles. The van der Waals surface area contributed by atoms with E-state index in [1.807, 2.05) is 0 Å². The lowest BCUT2D eigenvalue weighted by Gasteiger charge is -2.19. The number of rotatable bonds is 16. The van der Waals surface area contributed by atoms with Crippen molar-refractivity contribution >= 4 is 70.3 Å². The Morgan fingerprint density at radius 3 is 0.722 bits per heavy atom. The monoisotopic (exact) mass is 806 g/mol. The van der Waals surface area contributed by atoms with E-state index in [0.717, 1.165) is 0 Å². The van der Waals surface area contributed by atoms with Crippen LogP contribution < -0.4 is 0 Å². The number of halogens is 4. The number of hydrogen-bond donors (Lipinski definition) is 0. The Bertz CT molecular complexity index is 1730. The second-order valence-corrected chi connectivity index (χ2v) is 13.7. The van der Waals surface area contributed by atoms with E-state index in [-0.39, 0.29) is 26.4 Å².